The lowest BCUT2D eigenvalue weighted by Gasteiger charge is -2.39. The molecule has 1 aliphatic heterocycles. The Morgan fingerprint density at radius 3 is 2.74 bits per heavy atom. The highest BCUT2D eigenvalue weighted by atomic mass is 16.7. The third-order valence-electron chi connectivity index (χ3n) is 4.41. The average Bonchev–Trinajstić information content (AvgIpc) is 3.03. The van der Waals surface area contributed by atoms with E-state index in [1.165, 1.54) is 6.20 Å². The lowest BCUT2D eigenvalue weighted by Crippen LogP contribution is -2.59. The van der Waals surface area contributed by atoms with Crippen LogP contribution in [0.3, 0.4) is 0 Å². The first-order valence-corrected chi connectivity index (χ1v) is 8.11. The number of benzene rings is 1. The molecule has 1 fully saturated rings. The summed E-state index contributed by atoms with van der Waals surface area (Å²) in [6, 6.07) is 6.75. The summed E-state index contributed by atoms with van der Waals surface area (Å²) in [5.74, 6) is -0.323. The van der Waals surface area contributed by atoms with Gasteiger partial charge in [-0.3, -0.25) is 0 Å². The normalized spacial score (nSPS) is 31.2. The van der Waals surface area contributed by atoms with Gasteiger partial charge in [-0.25, -0.2) is 0 Å². The van der Waals surface area contributed by atoms with Crippen LogP contribution < -0.4 is 4.84 Å². The summed E-state index contributed by atoms with van der Waals surface area (Å²) in [4.78, 5) is 4.95. The third kappa shape index (κ3) is 3.70. The standard InChI is InChI=1S/C17H22N2O8/c1-25-19-7-9(10-4-2-3-5-11(10)19)6-13(18-24)27-17-16(23)15(22)14(21)12(8-20)26-17/h2-5,7,12,14-17,20-24H,6,8H2,1H3/b18-13-/t12-,14-,15+,16-,17+/m1/s1/i1D3. The van der Waals surface area contributed by atoms with E-state index in [0.29, 0.717) is 16.5 Å². The molecule has 10 nitrogen and oxygen atoms in total. The van der Waals surface area contributed by atoms with Crippen molar-refractivity contribution in [3.63, 3.8) is 0 Å². The number of fused-ring (bicyclic) bond motifs is 1. The molecule has 5 atom stereocenters. The second kappa shape index (κ2) is 8.11. The molecular formula is C17H22N2O8. The zero-order valence-corrected chi connectivity index (χ0v) is 14.0. The number of aliphatic hydroxyl groups is 4. The molecule has 5 N–H and O–H groups in total. The van der Waals surface area contributed by atoms with Crippen molar-refractivity contribution in [1.82, 2.24) is 4.73 Å². The van der Waals surface area contributed by atoms with Crippen molar-refractivity contribution in [2.24, 2.45) is 5.16 Å². The molecule has 1 aromatic heterocycles. The van der Waals surface area contributed by atoms with Gasteiger partial charge in [0.1, 0.15) is 31.5 Å². The Morgan fingerprint density at radius 1 is 1.26 bits per heavy atom. The summed E-state index contributed by atoms with van der Waals surface area (Å²) in [5.41, 5.74) is 0.931. The molecule has 2 aromatic rings. The molecule has 3 rings (SSSR count). The van der Waals surface area contributed by atoms with Gasteiger partial charge in [0.05, 0.1) is 22.7 Å². The van der Waals surface area contributed by atoms with Crippen molar-refractivity contribution in [3.05, 3.63) is 36.0 Å². The van der Waals surface area contributed by atoms with Gasteiger partial charge >= 0.3 is 0 Å². The van der Waals surface area contributed by atoms with Crippen LogP contribution in [0.4, 0.5) is 0 Å². The number of aliphatic hydroxyl groups excluding tert-OH is 4. The molecule has 10 heteroatoms. The zero-order valence-electron chi connectivity index (χ0n) is 17.0. The van der Waals surface area contributed by atoms with Crippen molar-refractivity contribution >= 4 is 16.8 Å². The molecule has 0 saturated carbocycles. The lowest BCUT2D eigenvalue weighted by atomic mass is 9.99. The van der Waals surface area contributed by atoms with Gasteiger partial charge in [-0.2, -0.15) is 4.73 Å². The lowest BCUT2D eigenvalue weighted by molar-refractivity contribution is -0.281. The van der Waals surface area contributed by atoms with E-state index in [9.17, 15) is 25.6 Å². The first kappa shape index (κ1) is 15.7. The minimum absolute atomic E-state index is 0.149. The topological polar surface area (TPSA) is 146 Å². The fourth-order valence-electron chi connectivity index (χ4n) is 3.00. The van der Waals surface area contributed by atoms with Crippen LogP contribution in [0.1, 0.15) is 9.68 Å². The van der Waals surface area contributed by atoms with Crippen molar-refractivity contribution < 1.29 is 44.1 Å². The van der Waals surface area contributed by atoms with Crippen molar-refractivity contribution in [2.75, 3.05) is 13.6 Å². The molecular weight excluding hydrogens is 360 g/mol. The van der Waals surface area contributed by atoms with Gasteiger partial charge in [0, 0.05) is 11.6 Å². The molecule has 1 saturated heterocycles. The summed E-state index contributed by atoms with van der Waals surface area (Å²) in [6.45, 7) is -0.643. The molecule has 0 unspecified atom stereocenters. The van der Waals surface area contributed by atoms with Crippen LogP contribution in [0, 0.1) is 0 Å². The number of aromatic nitrogens is 1. The first-order valence-electron chi connectivity index (χ1n) is 9.61. The molecule has 1 aliphatic rings. The maximum absolute atomic E-state index is 10.1. The number of para-hydroxylation sites is 1. The average molecular weight is 385 g/mol. The second-order valence-electron chi connectivity index (χ2n) is 6.07. The van der Waals surface area contributed by atoms with Crippen LogP contribution in [0.5, 0.6) is 0 Å². The Labute approximate surface area is 158 Å². The van der Waals surface area contributed by atoms with Crippen molar-refractivity contribution in [3.8, 4) is 0 Å². The van der Waals surface area contributed by atoms with E-state index in [1.807, 2.05) is 0 Å². The van der Waals surface area contributed by atoms with Gasteiger partial charge in [-0.05, 0) is 11.6 Å². The molecule has 27 heavy (non-hydrogen) atoms. The van der Waals surface area contributed by atoms with E-state index in [4.69, 9.17) is 18.4 Å². The van der Waals surface area contributed by atoms with E-state index in [-0.39, 0.29) is 12.3 Å². The highest BCUT2D eigenvalue weighted by molar-refractivity contribution is 5.89. The summed E-state index contributed by atoms with van der Waals surface area (Å²) >= 11 is 0. The minimum Gasteiger partial charge on any atom is -0.445 e. The minimum atomic E-state index is -2.69. The van der Waals surface area contributed by atoms with Gasteiger partial charge in [-0.15, -0.1) is 0 Å². The van der Waals surface area contributed by atoms with E-state index < -0.39 is 44.4 Å². The molecule has 0 radical (unpaired) electrons. The molecule has 0 aliphatic carbocycles. The Balaban J connectivity index is 1.82. The maximum atomic E-state index is 10.1. The Kier molecular flexibility index (Phi) is 4.70. The van der Waals surface area contributed by atoms with Crippen LogP contribution in [0.25, 0.3) is 10.9 Å². The van der Waals surface area contributed by atoms with Crippen LogP contribution in [-0.4, -0.2) is 80.6 Å². The molecule has 148 valence electrons. The highest BCUT2D eigenvalue weighted by Gasteiger charge is 2.45. The van der Waals surface area contributed by atoms with Gasteiger partial charge < -0.3 is 39.9 Å². The Morgan fingerprint density at radius 2 is 2.04 bits per heavy atom. The van der Waals surface area contributed by atoms with Gasteiger partial charge in [0.25, 0.3) is 0 Å². The number of ether oxygens (including phenoxy) is 2. The van der Waals surface area contributed by atoms with Crippen LogP contribution >= 0.6 is 0 Å². The number of rotatable bonds is 5. The van der Waals surface area contributed by atoms with Crippen molar-refractivity contribution in [2.45, 2.75) is 37.1 Å². The number of nitrogens with zero attached hydrogens (tertiary/aromatic N) is 2. The van der Waals surface area contributed by atoms with E-state index in [2.05, 4.69) is 5.16 Å². The predicted molar refractivity (Wildman–Crippen MR) is 92.2 cm³/mol. The molecule has 0 bridgehead atoms. The SMILES string of the molecule is [2H]C([2H])([2H])On1cc(C/C(=N/O)O[C@@H]2O[C@H](CO)[C@@H](O)[C@H](O)[C@H]2O)c2ccccc21. The summed E-state index contributed by atoms with van der Waals surface area (Å²) < 4.78 is 33.5. The van der Waals surface area contributed by atoms with Crippen LogP contribution in [0.15, 0.2) is 35.6 Å². The fraction of sp³-hybridized carbons (Fsp3) is 0.471. The zero-order chi connectivity index (χ0) is 22.1. The molecule has 0 spiro atoms. The van der Waals surface area contributed by atoms with Gasteiger partial charge in [0.2, 0.25) is 12.2 Å². The monoisotopic (exact) mass is 385 g/mol. The van der Waals surface area contributed by atoms with Gasteiger partial charge in [0.15, 0.2) is 0 Å². The highest BCUT2D eigenvalue weighted by Crippen LogP contribution is 2.24. The number of hydrogen-bond donors (Lipinski definition) is 5. The van der Waals surface area contributed by atoms with E-state index in [0.717, 1.165) is 4.73 Å². The summed E-state index contributed by atoms with van der Waals surface area (Å²) in [6.07, 6.45) is -6.38. The molecule has 0 amide bonds. The predicted octanol–water partition coefficient (Wildman–Crippen LogP) is -1.15. The Hall–Kier alpha value is -2.37. The number of oxime groups is 1. The number of hydrogen-bond acceptors (Lipinski definition) is 9. The third-order valence-corrected chi connectivity index (χ3v) is 4.41. The maximum Gasteiger partial charge on any atom is 0.232 e. The molecule has 2 heterocycles. The molecule has 1 aromatic carbocycles. The van der Waals surface area contributed by atoms with E-state index >= 15 is 0 Å². The fourth-order valence-corrected chi connectivity index (χ4v) is 3.00. The largest absolute Gasteiger partial charge is 0.445 e. The van der Waals surface area contributed by atoms with Gasteiger partial charge in [-0.1, -0.05) is 23.4 Å². The second-order valence-corrected chi connectivity index (χ2v) is 6.07. The summed E-state index contributed by atoms with van der Waals surface area (Å²) in [7, 11) is -2.69. The van der Waals surface area contributed by atoms with Crippen molar-refractivity contribution in [1.29, 1.82) is 0 Å². The smallest absolute Gasteiger partial charge is 0.232 e. The van der Waals surface area contributed by atoms with Crippen LogP contribution in [-0.2, 0) is 15.9 Å². The Bertz CT molecular complexity index is 901. The van der Waals surface area contributed by atoms with E-state index in [1.54, 1.807) is 24.3 Å². The summed E-state index contributed by atoms with van der Waals surface area (Å²) in [5, 5.41) is 52.0. The quantitative estimate of drug-likeness (QED) is 0.188. The van der Waals surface area contributed by atoms with Crippen LogP contribution in [0.2, 0.25) is 0 Å². The first-order chi connectivity index (χ1) is 14.1.